The Kier molecular flexibility index (Phi) is 4.39. The number of rotatable bonds is 3. The van der Waals surface area contributed by atoms with E-state index in [1.165, 1.54) is 6.07 Å². The minimum Gasteiger partial charge on any atom is -0.385 e. The summed E-state index contributed by atoms with van der Waals surface area (Å²) in [6, 6.07) is 10.6. The van der Waals surface area contributed by atoms with Crippen molar-refractivity contribution < 1.29 is 14.0 Å². The summed E-state index contributed by atoms with van der Waals surface area (Å²) in [4.78, 5) is 7.14. The van der Waals surface area contributed by atoms with Gasteiger partial charge in [-0.25, -0.2) is 9.37 Å². The van der Waals surface area contributed by atoms with E-state index in [0.29, 0.717) is 29.8 Å². The zero-order valence-electron chi connectivity index (χ0n) is 18.9. The molecule has 8 heteroatoms. The Bertz CT molecular complexity index is 1360. The number of aryl methyl sites for hydroxylation is 2. The van der Waals surface area contributed by atoms with Gasteiger partial charge in [0.1, 0.15) is 28.8 Å². The van der Waals surface area contributed by atoms with E-state index < -0.39 is 5.60 Å². The number of nitrogens with zero attached hydrogens (tertiary/aromatic N) is 5. The van der Waals surface area contributed by atoms with Gasteiger partial charge in [-0.05, 0) is 39.7 Å². The number of halogens is 1. The standard InChI is InChI=1S/C25H26FN5O2/c1-14-10-22(29-33-14)21-11-23-27-16(3)15(2)24(31(23)28-21)30-17-8-9-18(30)13-25(32,12-17)19-6-4-5-7-20(19)26/h4-7,10-11,17-18,32H,8-9,12-13H2,1-3H3/t17-,18-/m1/s1. The number of aliphatic hydroxyl groups is 1. The highest BCUT2D eigenvalue weighted by Crippen LogP contribution is 2.48. The maximum absolute atomic E-state index is 14.6. The molecule has 2 saturated heterocycles. The summed E-state index contributed by atoms with van der Waals surface area (Å²) in [5.41, 5.74) is 3.36. The monoisotopic (exact) mass is 447 g/mol. The third-order valence-electron chi connectivity index (χ3n) is 7.33. The van der Waals surface area contributed by atoms with Crippen LogP contribution in [-0.2, 0) is 5.60 Å². The highest BCUT2D eigenvalue weighted by Gasteiger charge is 2.50. The van der Waals surface area contributed by atoms with E-state index in [9.17, 15) is 9.50 Å². The van der Waals surface area contributed by atoms with Crippen LogP contribution in [0.2, 0.25) is 0 Å². The van der Waals surface area contributed by atoms with Crippen molar-refractivity contribution in [2.45, 2.75) is 64.1 Å². The maximum atomic E-state index is 14.6. The summed E-state index contributed by atoms with van der Waals surface area (Å²) in [5, 5.41) is 20.5. The zero-order valence-corrected chi connectivity index (χ0v) is 18.9. The Morgan fingerprint density at radius 1 is 1.06 bits per heavy atom. The van der Waals surface area contributed by atoms with Crippen LogP contribution in [0.5, 0.6) is 0 Å². The molecule has 7 nitrogen and oxygen atoms in total. The van der Waals surface area contributed by atoms with Gasteiger partial charge in [0.2, 0.25) is 0 Å². The highest BCUT2D eigenvalue weighted by atomic mass is 19.1. The van der Waals surface area contributed by atoms with Crippen LogP contribution < -0.4 is 4.90 Å². The first-order chi connectivity index (χ1) is 15.8. The van der Waals surface area contributed by atoms with Crippen molar-refractivity contribution in [3.63, 3.8) is 0 Å². The highest BCUT2D eigenvalue weighted by molar-refractivity contribution is 5.65. The fraction of sp³-hybridized carbons (Fsp3) is 0.400. The van der Waals surface area contributed by atoms with E-state index in [1.54, 1.807) is 18.2 Å². The van der Waals surface area contributed by atoms with Crippen molar-refractivity contribution in [3.05, 3.63) is 64.8 Å². The quantitative estimate of drug-likeness (QED) is 0.499. The van der Waals surface area contributed by atoms with Crippen LogP contribution in [0.3, 0.4) is 0 Å². The third kappa shape index (κ3) is 3.08. The lowest BCUT2D eigenvalue weighted by Crippen LogP contribution is -2.51. The second kappa shape index (κ2) is 7.12. The lowest BCUT2D eigenvalue weighted by Gasteiger charge is -2.45. The van der Waals surface area contributed by atoms with E-state index in [2.05, 4.69) is 17.0 Å². The van der Waals surface area contributed by atoms with E-state index >= 15 is 0 Å². The van der Waals surface area contributed by atoms with Crippen molar-refractivity contribution >= 4 is 11.5 Å². The average molecular weight is 448 g/mol. The number of anilines is 1. The minimum atomic E-state index is -1.17. The molecule has 2 aliphatic rings. The lowest BCUT2D eigenvalue weighted by molar-refractivity contribution is -0.00635. The Hall–Kier alpha value is -3.26. The molecule has 0 amide bonds. The van der Waals surface area contributed by atoms with Gasteiger partial charge in [0.15, 0.2) is 5.65 Å². The van der Waals surface area contributed by atoms with Gasteiger partial charge in [-0.2, -0.15) is 9.61 Å². The van der Waals surface area contributed by atoms with Crippen LogP contribution in [0.4, 0.5) is 10.2 Å². The first kappa shape index (κ1) is 20.4. The molecule has 33 heavy (non-hydrogen) atoms. The van der Waals surface area contributed by atoms with Crippen LogP contribution in [0.15, 0.2) is 40.9 Å². The predicted molar refractivity (Wildman–Crippen MR) is 122 cm³/mol. The molecule has 0 radical (unpaired) electrons. The molecule has 2 bridgehead atoms. The molecular formula is C25H26FN5O2. The maximum Gasteiger partial charge on any atom is 0.158 e. The number of hydrogen-bond acceptors (Lipinski definition) is 6. The molecular weight excluding hydrogens is 421 g/mol. The molecule has 2 atom stereocenters. The summed E-state index contributed by atoms with van der Waals surface area (Å²) in [6.07, 6.45) is 2.84. The minimum absolute atomic E-state index is 0.0824. The molecule has 0 unspecified atom stereocenters. The van der Waals surface area contributed by atoms with E-state index in [1.807, 2.05) is 30.5 Å². The van der Waals surface area contributed by atoms with Gasteiger partial charge in [0, 0.05) is 53.9 Å². The molecule has 0 spiro atoms. The summed E-state index contributed by atoms with van der Waals surface area (Å²) in [5.74, 6) is 1.38. The topological polar surface area (TPSA) is 79.7 Å². The molecule has 6 rings (SSSR count). The second-order valence-electron chi connectivity index (χ2n) is 9.48. The number of hydrogen-bond donors (Lipinski definition) is 1. The van der Waals surface area contributed by atoms with Gasteiger partial charge >= 0.3 is 0 Å². The largest absolute Gasteiger partial charge is 0.385 e. The molecule has 4 aromatic rings. The summed E-state index contributed by atoms with van der Waals surface area (Å²) < 4.78 is 21.7. The molecule has 0 aliphatic carbocycles. The number of piperidine rings is 1. The van der Waals surface area contributed by atoms with Crippen molar-refractivity contribution in [1.82, 2.24) is 19.8 Å². The summed E-state index contributed by atoms with van der Waals surface area (Å²) in [6.45, 7) is 5.93. The average Bonchev–Trinajstić information content (AvgIpc) is 3.46. The van der Waals surface area contributed by atoms with Crippen molar-refractivity contribution in [2.24, 2.45) is 0 Å². The Morgan fingerprint density at radius 2 is 1.79 bits per heavy atom. The smallest absolute Gasteiger partial charge is 0.158 e. The lowest BCUT2D eigenvalue weighted by atomic mass is 9.80. The van der Waals surface area contributed by atoms with Crippen LogP contribution in [-0.4, -0.2) is 36.9 Å². The van der Waals surface area contributed by atoms with Crippen molar-refractivity contribution in [1.29, 1.82) is 0 Å². The van der Waals surface area contributed by atoms with Crippen LogP contribution in [0.25, 0.3) is 17.0 Å². The SMILES string of the molecule is Cc1cc(-c2cc3nc(C)c(C)c(N4[C@@H]5CC[C@@H]4CC(O)(c4ccccc4F)C5)n3n2)no1. The Balaban J connectivity index is 1.44. The van der Waals surface area contributed by atoms with Crippen LogP contribution in [0, 0.1) is 26.6 Å². The molecule has 2 aliphatic heterocycles. The fourth-order valence-electron chi connectivity index (χ4n) is 5.73. The molecule has 170 valence electrons. The van der Waals surface area contributed by atoms with E-state index in [0.717, 1.165) is 41.3 Å². The molecule has 1 N–H and O–H groups in total. The van der Waals surface area contributed by atoms with E-state index in [4.69, 9.17) is 14.6 Å². The first-order valence-electron chi connectivity index (χ1n) is 11.4. The number of aromatic nitrogens is 4. The predicted octanol–water partition coefficient (Wildman–Crippen LogP) is 4.47. The molecule has 0 saturated carbocycles. The molecule has 5 heterocycles. The van der Waals surface area contributed by atoms with Crippen molar-refractivity contribution in [3.8, 4) is 11.4 Å². The van der Waals surface area contributed by atoms with E-state index in [-0.39, 0.29) is 17.9 Å². The zero-order chi connectivity index (χ0) is 22.9. The second-order valence-corrected chi connectivity index (χ2v) is 9.48. The normalized spacial score (nSPS) is 24.7. The summed E-state index contributed by atoms with van der Waals surface area (Å²) >= 11 is 0. The fourth-order valence-corrected chi connectivity index (χ4v) is 5.73. The van der Waals surface area contributed by atoms with Gasteiger partial charge in [-0.15, -0.1) is 0 Å². The van der Waals surface area contributed by atoms with Gasteiger partial charge in [-0.1, -0.05) is 23.4 Å². The van der Waals surface area contributed by atoms with Crippen LogP contribution >= 0.6 is 0 Å². The first-order valence-corrected chi connectivity index (χ1v) is 11.4. The van der Waals surface area contributed by atoms with Gasteiger partial charge < -0.3 is 14.5 Å². The molecule has 2 fully saturated rings. The third-order valence-corrected chi connectivity index (χ3v) is 7.33. The number of fused-ring (bicyclic) bond motifs is 3. The van der Waals surface area contributed by atoms with Crippen LogP contribution in [0.1, 0.15) is 48.3 Å². The van der Waals surface area contributed by atoms with Gasteiger partial charge in [0.25, 0.3) is 0 Å². The molecule has 3 aromatic heterocycles. The van der Waals surface area contributed by atoms with Crippen molar-refractivity contribution in [2.75, 3.05) is 4.90 Å². The Morgan fingerprint density at radius 3 is 2.45 bits per heavy atom. The summed E-state index contributed by atoms with van der Waals surface area (Å²) in [7, 11) is 0. The van der Waals surface area contributed by atoms with Gasteiger partial charge in [-0.3, -0.25) is 0 Å². The number of benzene rings is 1. The Labute approximate surface area is 190 Å². The molecule has 1 aromatic carbocycles. The van der Waals surface area contributed by atoms with Gasteiger partial charge in [0.05, 0.1) is 5.60 Å².